The van der Waals surface area contributed by atoms with E-state index in [0.29, 0.717) is 17.0 Å². The fourth-order valence-electron chi connectivity index (χ4n) is 3.01. The summed E-state index contributed by atoms with van der Waals surface area (Å²) in [6.07, 6.45) is 0. The van der Waals surface area contributed by atoms with Gasteiger partial charge in [-0.15, -0.1) is 0 Å². The quantitative estimate of drug-likeness (QED) is 0.281. The summed E-state index contributed by atoms with van der Waals surface area (Å²) in [5.41, 5.74) is 12.7. The summed E-state index contributed by atoms with van der Waals surface area (Å²) in [5, 5.41) is 5.30. The normalized spacial score (nSPS) is 12.9. The maximum absolute atomic E-state index is 12.4. The molecule has 7 heteroatoms. The molecule has 0 aromatic heterocycles. The third-order valence-corrected chi connectivity index (χ3v) is 4.33. The lowest BCUT2D eigenvalue weighted by atomic mass is 10.1. The van der Waals surface area contributed by atoms with Gasteiger partial charge in [-0.1, -0.05) is 18.2 Å². The van der Waals surface area contributed by atoms with Crippen molar-refractivity contribution < 1.29 is 9.53 Å². The summed E-state index contributed by atoms with van der Waals surface area (Å²) in [4.78, 5) is 20.7. The summed E-state index contributed by atoms with van der Waals surface area (Å²) < 4.78 is 5.50. The van der Waals surface area contributed by atoms with Crippen LogP contribution in [0.25, 0.3) is 10.8 Å². The van der Waals surface area contributed by atoms with E-state index < -0.39 is 5.97 Å². The molecule has 5 N–H and O–H groups in total. The number of rotatable bonds is 4. The van der Waals surface area contributed by atoms with Gasteiger partial charge in [-0.25, -0.2) is 9.79 Å². The zero-order chi connectivity index (χ0) is 19.5. The van der Waals surface area contributed by atoms with Gasteiger partial charge in [0.25, 0.3) is 0 Å². The van der Waals surface area contributed by atoms with Gasteiger partial charge in [-0.2, -0.15) is 0 Å². The highest BCUT2D eigenvalue weighted by atomic mass is 16.5. The van der Waals surface area contributed by atoms with E-state index in [1.54, 1.807) is 30.3 Å². The second kappa shape index (κ2) is 7.40. The van der Waals surface area contributed by atoms with Crippen molar-refractivity contribution in [2.24, 2.45) is 21.5 Å². The Hall–Kier alpha value is -3.87. The smallest absolute Gasteiger partial charge is 0.343 e. The van der Waals surface area contributed by atoms with Gasteiger partial charge >= 0.3 is 5.97 Å². The molecule has 0 fully saturated rings. The molecule has 1 heterocycles. The van der Waals surface area contributed by atoms with Gasteiger partial charge in [0.15, 0.2) is 5.96 Å². The molecule has 1 aliphatic heterocycles. The molecule has 0 spiro atoms. The van der Waals surface area contributed by atoms with Crippen molar-refractivity contribution in [2.45, 2.75) is 0 Å². The molecular formula is C21H19N5O2. The Morgan fingerprint density at radius 3 is 2.46 bits per heavy atom. The van der Waals surface area contributed by atoms with E-state index in [4.69, 9.17) is 16.2 Å². The summed E-state index contributed by atoms with van der Waals surface area (Å²) in [6, 6.07) is 18.2. The molecule has 0 radical (unpaired) electrons. The first-order chi connectivity index (χ1) is 13.6. The Bertz CT molecular complexity index is 1100. The largest absolute Gasteiger partial charge is 0.423 e. The van der Waals surface area contributed by atoms with Crippen LogP contribution in [0.3, 0.4) is 0 Å². The van der Waals surface area contributed by atoms with E-state index in [1.807, 2.05) is 24.3 Å². The number of fused-ring (bicyclic) bond motifs is 1. The highest BCUT2D eigenvalue weighted by Crippen LogP contribution is 2.23. The molecule has 0 saturated carbocycles. The molecule has 7 nitrogen and oxygen atoms in total. The molecule has 0 unspecified atom stereocenters. The number of nitrogens with one attached hydrogen (secondary N) is 1. The molecule has 0 aliphatic carbocycles. The third-order valence-electron chi connectivity index (χ3n) is 4.33. The Kier molecular flexibility index (Phi) is 4.63. The van der Waals surface area contributed by atoms with Gasteiger partial charge in [0.1, 0.15) is 11.6 Å². The number of benzene rings is 3. The van der Waals surface area contributed by atoms with Crippen molar-refractivity contribution in [2.75, 3.05) is 13.1 Å². The van der Waals surface area contributed by atoms with Crippen molar-refractivity contribution in [3.8, 4) is 5.75 Å². The van der Waals surface area contributed by atoms with Crippen molar-refractivity contribution in [3.05, 3.63) is 71.8 Å². The number of guanidine groups is 1. The first-order valence-electron chi connectivity index (χ1n) is 8.83. The number of hydrogen-bond donors (Lipinski definition) is 3. The molecule has 140 valence electrons. The van der Waals surface area contributed by atoms with Crippen LogP contribution >= 0.6 is 0 Å². The van der Waals surface area contributed by atoms with E-state index in [0.717, 1.165) is 35.3 Å². The van der Waals surface area contributed by atoms with Crippen LogP contribution < -0.4 is 21.5 Å². The van der Waals surface area contributed by atoms with Gasteiger partial charge in [0.2, 0.25) is 0 Å². The minimum Gasteiger partial charge on any atom is -0.423 e. The number of carbonyl (C=O) groups excluding carboxylic acids is 1. The minimum absolute atomic E-state index is 0.0366. The van der Waals surface area contributed by atoms with Crippen molar-refractivity contribution in [1.29, 1.82) is 0 Å². The molecule has 0 saturated heterocycles. The van der Waals surface area contributed by atoms with Crippen LogP contribution in [0.5, 0.6) is 5.75 Å². The lowest BCUT2D eigenvalue weighted by molar-refractivity contribution is 0.0735. The molecule has 4 rings (SSSR count). The van der Waals surface area contributed by atoms with E-state index >= 15 is 0 Å². The number of carbonyl (C=O) groups is 1. The molecule has 28 heavy (non-hydrogen) atoms. The number of amidine groups is 1. The average Bonchev–Trinajstić information content (AvgIpc) is 3.22. The predicted molar refractivity (Wildman–Crippen MR) is 110 cm³/mol. The van der Waals surface area contributed by atoms with E-state index in [2.05, 4.69) is 21.4 Å². The van der Waals surface area contributed by atoms with Gasteiger partial charge in [-0.05, 0) is 53.2 Å². The van der Waals surface area contributed by atoms with Crippen molar-refractivity contribution >= 4 is 34.2 Å². The van der Waals surface area contributed by atoms with Crippen LogP contribution in [-0.4, -0.2) is 30.9 Å². The SMILES string of the molecule is NC(N)=Nc1ccc(C(=O)Oc2ccc3cc(C4=NCCN4)ccc3c2)cc1. The molecule has 0 bridgehead atoms. The summed E-state index contributed by atoms with van der Waals surface area (Å²) in [7, 11) is 0. The predicted octanol–water partition coefficient (Wildman–Crippen LogP) is 2.31. The lowest BCUT2D eigenvalue weighted by Crippen LogP contribution is -2.21. The van der Waals surface area contributed by atoms with E-state index in [1.165, 1.54) is 0 Å². The molecule has 1 aliphatic rings. The van der Waals surface area contributed by atoms with Crippen LogP contribution in [0.2, 0.25) is 0 Å². The number of nitrogens with two attached hydrogens (primary N) is 2. The highest BCUT2D eigenvalue weighted by molar-refractivity contribution is 6.03. The second-order valence-electron chi connectivity index (χ2n) is 6.35. The van der Waals surface area contributed by atoms with E-state index in [-0.39, 0.29) is 5.96 Å². The van der Waals surface area contributed by atoms with Crippen LogP contribution in [0, 0.1) is 0 Å². The highest BCUT2D eigenvalue weighted by Gasteiger charge is 2.11. The first kappa shape index (κ1) is 17.5. The van der Waals surface area contributed by atoms with Crippen LogP contribution in [0.4, 0.5) is 5.69 Å². The van der Waals surface area contributed by atoms with Crippen molar-refractivity contribution in [3.63, 3.8) is 0 Å². The molecule has 3 aromatic rings. The zero-order valence-electron chi connectivity index (χ0n) is 15.1. The van der Waals surface area contributed by atoms with Crippen LogP contribution in [0.1, 0.15) is 15.9 Å². The molecule has 3 aromatic carbocycles. The Morgan fingerprint density at radius 2 is 1.75 bits per heavy atom. The third kappa shape index (κ3) is 3.78. The number of esters is 1. The lowest BCUT2D eigenvalue weighted by Gasteiger charge is -2.08. The molecular weight excluding hydrogens is 354 g/mol. The van der Waals surface area contributed by atoms with Crippen LogP contribution in [0.15, 0.2) is 70.6 Å². The summed E-state index contributed by atoms with van der Waals surface area (Å²) in [6.45, 7) is 1.67. The Labute approximate surface area is 161 Å². The standard InChI is InChI=1S/C21H19N5O2/c22-21(23)26-17-6-3-13(4-7-17)20(27)28-18-8-5-14-11-16(2-1-15(14)12-18)19-24-9-10-25-19/h1-8,11-12H,9-10H2,(H,24,25)(H4,22,23,26). The zero-order valence-corrected chi connectivity index (χ0v) is 15.1. The molecule has 0 amide bonds. The minimum atomic E-state index is -0.447. The van der Waals surface area contributed by atoms with Gasteiger partial charge in [0, 0.05) is 12.1 Å². The molecule has 0 atom stereocenters. The Balaban J connectivity index is 1.51. The topological polar surface area (TPSA) is 115 Å². The average molecular weight is 373 g/mol. The first-order valence-corrected chi connectivity index (χ1v) is 8.83. The number of hydrogen-bond acceptors (Lipinski definition) is 5. The second-order valence-corrected chi connectivity index (χ2v) is 6.35. The maximum atomic E-state index is 12.4. The van der Waals surface area contributed by atoms with Gasteiger partial charge in [-0.3, -0.25) is 4.99 Å². The fraction of sp³-hybridized carbons (Fsp3) is 0.0952. The number of aliphatic imine (C=N–C) groups is 2. The van der Waals surface area contributed by atoms with Crippen molar-refractivity contribution in [1.82, 2.24) is 5.32 Å². The van der Waals surface area contributed by atoms with E-state index in [9.17, 15) is 4.79 Å². The maximum Gasteiger partial charge on any atom is 0.343 e. The van der Waals surface area contributed by atoms with Crippen LogP contribution in [-0.2, 0) is 0 Å². The number of ether oxygens (including phenoxy) is 1. The van der Waals surface area contributed by atoms with Gasteiger partial charge in [0.05, 0.1) is 17.8 Å². The monoisotopic (exact) mass is 373 g/mol. The number of nitrogens with zero attached hydrogens (tertiary/aromatic N) is 2. The Morgan fingerprint density at radius 1 is 1.00 bits per heavy atom. The fourth-order valence-corrected chi connectivity index (χ4v) is 3.01. The summed E-state index contributed by atoms with van der Waals surface area (Å²) >= 11 is 0. The van der Waals surface area contributed by atoms with Gasteiger partial charge < -0.3 is 21.5 Å². The summed E-state index contributed by atoms with van der Waals surface area (Å²) in [5.74, 6) is 0.915.